The zero-order chi connectivity index (χ0) is 15.5. The summed E-state index contributed by atoms with van der Waals surface area (Å²) in [6.45, 7) is 5.50. The Balaban J connectivity index is 2.24. The molecule has 0 aliphatic rings. The monoisotopic (exact) mass is 349 g/mol. The molecule has 21 heavy (non-hydrogen) atoms. The van der Waals surface area contributed by atoms with Gasteiger partial charge in [0.2, 0.25) is 5.95 Å². The third-order valence-electron chi connectivity index (χ3n) is 2.41. The van der Waals surface area contributed by atoms with Crippen LogP contribution < -0.4 is 5.32 Å². The van der Waals surface area contributed by atoms with Gasteiger partial charge in [-0.05, 0) is 48.8 Å². The predicted octanol–water partition coefficient (Wildman–Crippen LogP) is 3.94. The smallest absolute Gasteiger partial charge is 0.340 e. The summed E-state index contributed by atoms with van der Waals surface area (Å²) in [6, 6.07) is 7.10. The van der Waals surface area contributed by atoms with E-state index in [0.29, 0.717) is 17.2 Å². The normalized spacial score (nSPS) is 11.0. The maximum absolute atomic E-state index is 12.2. The van der Waals surface area contributed by atoms with Crippen LogP contribution in [-0.2, 0) is 4.74 Å². The highest BCUT2D eigenvalue weighted by Crippen LogP contribution is 2.22. The number of benzene rings is 1. The molecule has 0 unspecified atom stereocenters. The first-order chi connectivity index (χ1) is 9.85. The fourth-order valence-electron chi connectivity index (χ4n) is 1.60. The number of carbonyl (C=O) groups is 1. The Morgan fingerprint density at radius 1 is 1.19 bits per heavy atom. The van der Waals surface area contributed by atoms with Crippen molar-refractivity contribution in [3.8, 4) is 0 Å². The van der Waals surface area contributed by atoms with Crippen molar-refractivity contribution in [1.29, 1.82) is 0 Å². The van der Waals surface area contributed by atoms with E-state index in [1.54, 1.807) is 30.6 Å². The first kappa shape index (κ1) is 15.4. The second kappa shape index (κ2) is 6.22. The van der Waals surface area contributed by atoms with E-state index in [4.69, 9.17) is 4.74 Å². The summed E-state index contributed by atoms with van der Waals surface area (Å²) < 4.78 is 6.18. The van der Waals surface area contributed by atoms with Gasteiger partial charge in [-0.25, -0.2) is 14.8 Å². The Morgan fingerprint density at radius 2 is 1.81 bits per heavy atom. The van der Waals surface area contributed by atoms with E-state index in [-0.39, 0.29) is 5.97 Å². The number of aromatic nitrogens is 2. The van der Waals surface area contributed by atoms with Gasteiger partial charge in [0.25, 0.3) is 0 Å². The quantitative estimate of drug-likeness (QED) is 0.850. The molecule has 2 aromatic rings. The molecule has 1 aromatic carbocycles. The zero-order valence-corrected chi connectivity index (χ0v) is 13.6. The standard InChI is InChI=1S/C15H16BrN3O2/c1-15(2,3)21-13(20)11-6-4-5-7-12(11)19-14-17-8-10(16)9-18-14/h4-9H,1-3H3,(H,17,18,19). The molecular formula is C15H16BrN3O2. The lowest BCUT2D eigenvalue weighted by Crippen LogP contribution is -2.24. The number of rotatable bonds is 3. The van der Waals surface area contributed by atoms with Crippen LogP contribution in [0.3, 0.4) is 0 Å². The van der Waals surface area contributed by atoms with Crippen LogP contribution in [-0.4, -0.2) is 21.5 Å². The number of nitrogens with one attached hydrogen (secondary N) is 1. The third kappa shape index (κ3) is 4.53. The largest absolute Gasteiger partial charge is 0.456 e. The number of esters is 1. The van der Waals surface area contributed by atoms with Crippen molar-refractivity contribution in [3.63, 3.8) is 0 Å². The van der Waals surface area contributed by atoms with E-state index >= 15 is 0 Å². The lowest BCUT2D eigenvalue weighted by molar-refractivity contribution is 0.00708. The summed E-state index contributed by atoms with van der Waals surface area (Å²) in [7, 11) is 0. The Morgan fingerprint density at radius 3 is 2.43 bits per heavy atom. The van der Waals surface area contributed by atoms with E-state index < -0.39 is 5.60 Å². The van der Waals surface area contributed by atoms with E-state index in [0.717, 1.165) is 4.47 Å². The molecule has 6 heteroatoms. The molecule has 0 saturated carbocycles. The van der Waals surface area contributed by atoms with Crippen LogP contribution in [0, 0.1) is 0 Å². The fraction of sp³-hybridized carbons (Fsp3) is 0.267. The minimum absolute atomic E-state index is 0.386. The number of ether oxygens (including phenoxy) is 1. The Labute approximate surface area is 131 Å². The van der Waals surface area contributed by atoms with Gasteiger partial charge in [-0.2, -0.15) is 0 Å². The van der Waals surface area contributed by atoms with Crippen LogP contribution in [0.25, 0.3) is 0 Å². The average Bonchev–Trinajstić information content (AvgIpc) is 2.40. The highest BCUT2D eigenvalue weighted by molar-refractivity contribution is 9.10. The third-order valence-corrected chi connectivity index (χ3v) is 2.82. The van der Waals surface area contributed by atoms with Crippen molar-refractivity contribution in [2.75, 3.05) is 5.32 Å². The summed E-state index contributed by atoms with van der Waals surface area (Å²) in [5, 5.41) is 3.02. The van der Waals surface area contributed by atoms with Crippen molar-refractivity contribution < 1.29 is 9.53 Å². The number of nitrogens with zero attached hydrogens (tertiary/aromatic N) is 2. The van der Waals surface area contributed by atoms with Gasteiger partial charge >= 0.3 is 5.97 Å². The molecule has 1 heterocycles. The lowest BCUT2D eigenvalue weighted by atomic mass is 10.1. The minimum atomic E-state index is -0.543. The molecule has 1 N–H and O–H groups in total. The van der Waals surface area contributed by atoms with Crippen LogP contribution in [0.5, 0.6) is 0 Å². The molecule has 0 radical (unpaired) electrons. The van der Waals surface area contributed by atoms with Gasteiger partial charge in [0.1, 0.15) is 5.60 Å². The van der Waals surface area contributed by atoms with Crippen molar-refractivity contribution in [1.82, 2.24) is 9.97 Å². The highest BCUT2D eigenvalue weighted by atomic mass is 79.9. The van der Waals surface area contributed by atoms with Crippen LogP contribution in [0.4, 0.5) is 11.6 Å². The van der Waals surface area contributed by atoms with Crippen molar-refractivity contribution in [2.45, 2.75) is 26.4 Å². The van der Waals surface area contributed by atoms with Crippen LogP contribution in [0.15, 0.2) is 41.1 Å². The van der Waals surface area contributed by atoms with Crippen molar-refractivity contribution in [2.24, 2.45) is 0 Å². The molecule has 0 atom stereocenters. The number of carbonyl (C=O) groups excluding carboxylic acids is 1. The summed E-state index contributed by atoms with van der Waals surface area (Å²) in [4.78, 5) is 20.5. The van der Waals surface area contributed by atoms with Crippen molar-refractivity contribution in [3.05, 3.63) is 46.7 Å². The molecule has 2 rings (SSSR count). The number of halogens is 1. The molecule has 1 aromatic heterocycles. The maximum atomic E-state index is 12.2. The fourth-order valence-corrected chi connectivity index (χ4v) is 1.81. The van der Waals surface area contributed by atoms with Crippen LogP contribution in [0.2, 0.25) is 0 Å². The van der Waals surface area contributed by atoms with Gasteiger partial charge in [-0.15, -0.1) is 0 Å². The summed E-state index contributed by atoms with van der Waals surface area (Å²) >= 11 is 3.27. The number of hydrogen-bond donors (Lipinski definition) is 1. The number of hydrogen-bond acceptors (Lipinski definition) is 5. The second-order valence-electron chi connectivity index (χ2n) is 5.40. The van der Waals surface area contributed by atoms with Gasteiger partial charge in [0, 0.05) is 12.4 Å². The molecule has 0 fully saturated rings. The first-order valence-electron chi connectivity index (χ1n) is 6.42. The van der Waals surface area contributed by atoms with E-state index in [1.807, 2.05) is 26.8 Å². The van der Waals surface area contributed by atoms with Crippen LogP contribution >= 0.6 is 15.9 Å². The lowest BCUT2D eigenvalue weighted by Gasteiger charge is -2.20. The summed E-state index contributed by atoms with van der Waals surface area (Å²) in [6.07, 6.45) is 3.26. The molecule has 110 valence electrons. The molecule has 5 nitrogen and oxygen atoms in total. The minimum Gasteiger partial charge on any atom is -0.456 e. The number of para-hydroxylation sites is 1. The molecule has 0 spiro atoms. The average molecular weight is 350 g/mol. The topological polar surface area (TPSA) is 64.1 Å². The Hall–Kier alpha value is -1.95. The SMILES string of the molecule is CC(C)(C)OC(=O)c1ccccc1Nc1ncc(Br)cn1. The second-order valence-corrected chi connectivity index (χ2v) is 6.31. The molecular weight excluding hydrogens is 334 g/mol. The molecule has 0 aliphatic heterocycles. The maximum Gasteiger partial charge on any atom is 0.340 e. The molecule has 0 bridgehead atoms. The zero-order valence-electron chi connectivity index (χ0n) is 12.1. The van der Waals surface area contributed by atoms with E-state index in [1.165, 1.54) is 0 Å². The van der Waals surface area contributed by atoms with Crippen LogP contribution in [0.1, 0.15) is 31.1 Å². The van der Waals surface area contributed by atoms with Crippen molar-refractivity contribution >= 4 is 33.5 Å². The van der Waals surface area contributed by atoms with Gasteiger partial charge in [0.05, 0.1) is 15.7 Å². The summed E-state index contributed by atoms with van der Waals surface area (Å²) in [5.74, 6) is 0.0249. The molecule has 0 saturated heterocycles. The van der Waals surface area contributed by atoms with Gasteiger partial charge < -0.3 is 10.1 Å². The van der Waals surface area contributed by atoms with Gasteiger partial charge in [0.15, 0.2) is 0 Å². The predicted molar refractivity (Wildman–Crippen MR) is 84.6 cm³/mol. The van der Waals surface area contributed by atoms with Gasteiger partial charge in [-0.3, -0.25) is 0 Å². The van der Waals surface area contributed by atoms with E-state index in [9.17, 15) is 4.79 Å². The van der Waals surface area contributed by atoms with Gasteiger partial charge in [-0.1, -0.05) is 12.1 Å². The molecule has 0 amide bonds. The first-order valence-corrected chi connectivity index (χ1v) is 7.21. The molecule has 0 aliphatic carbocycles. The Bertz CT molecular complexity index is 636. The Kier molecular flexibility index (Phi) is 4.57. The number of anilines is 2. The van der Waals surface area contributed by atoms with E-state index in [2.05, 4.69) is 31.2 Å². The highest BCUT2D eigenvalue weighted by Gasteiger charge is 2.20. The summed E-state index contributed by atoms with van der Waals surface area (Å²) in [5.41, 5.74) is 0.506.